The van der Waals surface area contributed by atoms with Crippen LogP contribution < -0.4 is 4.74 Å². The van der Waals surface area contributed by atoms with E-state index in [0.717, 1.165) is 0 Å². The number of hydrogen-bond donors (Lipinski definition) is 0. The van der Waals surface area contributed by atoms with Crippen LogP contribution in [0.15, 0.2) is 24.3 Å². The predicted octanol–water partition coefficient (Wildman–Crippen LogP) is 2.50. The molecule has 0 aliphatic heterocycles. The molecule has 1 nitrogen and oxygen atoms in total. The molecular formula is C9H12F2OSi. The number of methoxy groups -OCH3 is 1. The van der Waals surface area contributed by atoms with Crippen molar-refractivity contribution in [3.8, 4) is 5.75 Å². The molecule has 0 bridgehead atoms. The Morgan fingerprint density at radius 2 is 1.92 bits per heavy atom. The smallest absolute Gasteiger partial charge is 0.418 e. The lowest BCUT2D eigenvalue weighted by atomic mass is 10.1. The second-order valence-corrected chi connectivity index (χ2v) is 4.53. The Hall–Kier alpha value is -0.903. The second-order valence-electron chi connectivity index (χ2n) is 2.87. The Morgan fingerprint density at radius 1 is 1.31 bits per heavy atom. The lowest BCUT2D eigenvalue weighted by molar-refractivity contribution is 0.408. The first-order valence-corrected chi connectivity index (χ1v) is 5.62. The summed E-state index contributed by atoms with van der Waals surface area (Å²) in [6.45, 7) is 1.55. The first-order valence-electron chi connectivity index (χ1n) is 4.08. The van der Waals surface area contributed by atoms with Crippen LogP contribution >= 0.6 is 0 Å². The highest BCUT2D eigenvalue weighted by molar-refractivity contribution is 6.44. The Bertz CT molecular complexity index is 278. The molecule has 4 heteroatoms. The largest absolute Gasteiger partial charge is 0.496 e. The van der Waals surface area contributed by atoms with Gasteiger partial charge in [-0.15, -0.1) is 0 Å². The van der Waals surface area contributed by atoms with Crippen LogP contribution in [0.3, 0.4) is 0 Å². The molecule has 0 aliphatic rings. The third-order valence-electron chi connectivity index (χ3n) is 2.01. The zero-order valence-corrected chi connectivity index (χ0v) is 8.78. The topological polar surface area (TPSA) is 9.23 Å². The summed E-state index contributed by atoms with van der Waals surface area (Å²) in [5.41, 5.74) is -0.0252. The van der Waals surface area contributed by atoms with Crippen molar-refractivity contribution in [1.82, 2.24) is 0 Å². The van der Waals surface area contributed by atoms with E-state index in [0.29, 0.717) is 11.3 Å². The fraction of sp³-hybridized carbons (Fsp3) is 0.333. The Balaban J connectivity index is 2.98. The van der Waals surface area contributed by atoms with Crippen LogP contribution in [0.5, 0.6) is 5.75 Å². The molecule has 1 atom stereocenters. The van der Waals surface area contributed by atoms with Crippen molar-refractivity contribution in [2.75, 3.05) is 7.11 Å². The SMILES string of the molecule is COc1ccccc1C(C)[SiH](F)F. The summed E-state index contributed by atoms with van der Waals surface area (Å²) in [5.74, 6) is 0.558. The van der Waals surface area contributed by atoms with E-state index in [-0.39, 0.29) is 0 Å². The van der Waals surface area contributed by atoms with Gasteiger partial charge in [-0.1, -0.05) is 25.1 Å². The number of ether oxygens (including phenoxy) is 1. The molecule has 1 aromatic carbocycles. The van der Waals surface area contributed by atoms with Gasteiger partial charge in [-0.3, -0.25) is 8.22 Å². The van der Waals surface area contributed by atoms with Gasteiger partial charge < -0.3 is 4.74 Å². The maximum Gasteiger partial charge on any atom is 0.418 e. The first-order chi connectivity index (χ1) is 6.16. The summed E-state index contributed by atoms with van der Waals surface area (Å²) >= 11 is 0. The summed E-state index contributed by atoms with van der Waals surface area (Å²) in [6.07, 6.45) is 0. The van der Waals surface area contributed by atoms with Crippen molar-refractivity contribution in [3.63, 3.8) is 0 Å². The molecule has 0 saturated heterocycles. The van der Waals surface area contributed by atoms with E-state index in [4.69, 9.17) is 4.74 Å². The highest BCUT2D eigenvalue weighted by atomic mass is 28.4. The molecule has 0 N–H and O–H groups in total. The van der Waals surface area contributed by atoms with Crippen LogP contribution in [0.2, 0.25) is 0 Å². The number of halogens is 2. The molecule has 0 saturated carbocycles. The van der Waals surface area contributed by atoms with Gasteiger partial charge >= 0.3 is 9.46 Å². The molecule has 0 amide bonds. The monoisotopic (exact) mass is 202 g/mol. The van der Waals surface area contributed by atoms with Gasteiger partial charge in [-0.05, 0) is 11.6 Å². The van der Waals surface area contributed by atoms with E-state index in [2.05, 4.69) is 0 Å². The maximum absolute atomic E-state index is 12.5. The normalized spacial score (nSPS) is 13.0. The zero-order chi connectivity index (χ0) is 9.84. The number of para-hydroxylation sites is 1. The molecule has 0 aliphatic carbocycles. The third kappa shape index (κ3) is 2.27. The van der Waals surface area contributed by atoms with Crippen molar-refractivity contribution in [1.29, 1.82) is 0 Å². The Kier molecular flexibility index (Phi) is 3.42. The van der Waals surface area contributed by atoms with Crippen molar-refractivity contribution in [2.45, 2.75) is 12.5 Å². The van der Waals surface area contributed by atoms with Crippen LogP contribution in [0.4, 0.5) is 8.22 Å². The molecule has 0 radical (unpaired) electrons. The molecule has 0 spiro atoms. The van der Waals surface area contributed by atoms with Crippen LogP contribution in [-0.2, 0) is 0 Å². The van der Waals surface area contributed by atoms with Crippen LogP contribution in [0.1, 0.15) is 18.0 Å². The lowest BCUT2D eigenvalue weighted by Crippen LogP contribution is -2.11. The van der Waals surface area contributed by atoms with Gasteiger partial charge in [0.2, 0.25) is 0 Å². The average Bonchev–Trinajstić information content (AvgIpc) is 2.16. The van der Waals surface area contributed by atoms with Gasteiger partial charge in [-0.25, -0.2) is 0 Å². The number of benzene rings is 1. The van der Waals surface area contributed by atoms with Crippen LogP contribution in [0, 0.1) is 0 Å². The van der Waals surface area contributed by atoms with Gasteiger partial charge in [0.05, 0.1) is 7.11 Å². The third-order valence-corrected chi connectivity index (χ3v) is 3.12. The highest BCUT2D eigenvalue weighted by Gasteiger charge is 2.23. The first kappa shape index (κ1) is 10.2. The van der Waals surface area contributed by atoms with Crippen LogP contribution in [0.25, 0.3) is 0 Å². The Labute approximate surface area is 78.3 Å². The molecule has 1 unspecified atom stereocenters. The highest BCUT2D eigenvalue weighted by Crippen LogP contribution is 2.28. The molecule has 1 aromatic rings. The quantitative estimate of drug-likeness (QED) is 0.540. The summed E-state index contributed by atoms with van der Waals surface area (Å²) in [5, 5.41) is 0. The number of rotatable bonds is 3. The zero-order valence-electron chi connectivity index (χ0n) is 7.63. The molecule has 13 heavy (non-hydrogen) atoms. The summed E-state index contributed by atoms with van der Waals surface area (Å²) < 4.78 is 30.0. The second kappa shape index (κ2) is 4.37. The summed E-state index contributed by atoms with van der Waals surface area (Å²) in [4.78, 5) is 0. The fourth-order valence-electron chi connectivity index (χ4n) is 1.18. The van der Waals surface area contributed by atoms with E-state index >= 15 is 0 Å². The van der Waals surface area contributed by atoms with Crippen molar-refractivity contribution < 1.29 is 13.0 Å². The van der Waals surface area contributed by atoms with Crippen LogP contribution in [-0.4, -0.2) is 16.6 Å². The number of hydrogen-bond acceptors (Lipinski definition) is 1. The van der Waals surface area contributed by atoms with E-state index in [1.54, 1.807) is 31.2 Å². The Morgan fingerprint density at radius 3 is 2.46 bits per heavy atom. The van der Waals surface area contributed by atoms with Gasteiger partial charge in [0.25, 0.3) is 0 Å². The van der Waals surface area contributed by atoms with Gasteiger partial charge in [-0.2, -0.15) is 0 Å². The molecule has 0 heterocycles. The lowest BCUT2D eigenvalue weighted by Gasteiger charge is -2.12. The molecule has 1 rings (SSSR count). The molecular weight excluding hydrogens is 190 g/mol. The minimum absolute atomic E-state index is 0.558. The standard InChI is InChI=1S/C9H12F2OSi/c1-7(13(10)11)8-5-3-4-6-9(8)12-2/h3-7,13H,1-2H3. The minimum Gasteiger partial charge on any atom is -0.496 e. The maximum atomic E-state index is 12.5. The van der Waals surface area contributed by atoms with E-state index in [1.807, 2.05) is 0 Å². The van der Waals surface area contributed by atoms with E-state index < -0.39 is 15.0 Å². The average molecular weight is 202 g/mol. The molecule has 72 valence electrons. The predicted molar refractivity (Wildman–Crippen MR) is 50.8 cm³/mol. The van der Waals surface area contributed by atoms with Crippen molar-refractivity contribution in [3.05, 3.63) is 29.8 Å². The van der Waals surface area contributed by atoms with Gasteiger partial charge in [0, 0.05) is 5.54 Å². The summed E-state index contributed by atoms with van der Waals surface area (Å²) in [7, 11) is -2.11. The van der Waals surface area contributed by atoms with E-state index in [9.17, 15) is 8.22 Å². The summed E-state index contributed by atoms with van der Waals surface area (Å²) in [6, 6.07) is 6.94. The van der Waals surface area contributed by atoms with Gasteiger partial charge in [0.15, 0.2) is 0 Å². The minimum atomic E-state index is -3.61. The van der Waals surface area contributed by atoms with E-state index in [1.165, 1.54) is 7.11 Å². The van der Waals surface area contributed by atoms with Crippen molar-refractivity contribution >= 4 is 9.46 Å². The van der Waals surface area contributed by atoms with Gasteiger partial charge in [0.1, 0.15) is 5.75 Å². The fourth-order valence-corrected chi connectivity index (χ4v) is 1.73. The molecule has 0 fully saturated rings. The van der Waals surface area contributed by atoms with Crippen molar-refractivity contribution in [2.24, 2.45) is 0 Å². The molecule has 0 aromatic heterocycles.